The second-order valence-corrected chi connectivity index (χ2v) is 7.99. The Kier molecular flexibility index (Phi) is 5.60. The Morgan fingerprint density at radius 1 is 1.14 bits per heavy atom. The molecule has 1 fully saturated rings. The Labute approximate surface area is 171 Å². The number of rotatable bonds is 6. The van der Waals surface area contributed by atoms with Gasteiger partial charge in [-0.2, -0.15) is 10.1 Å². The van der Waals surface area contributed by atoms with Crippen LogP contribution in [-0.4, -0.2) is 26.2 Å². The van der Waals surface area contributed by atoms with Gasteiger partial charge in [-0.05, 0) is 68.5 Å². The number of aryl methyl sites for hydroxylation is 3. The van der Waals surface area contributed by atoms with Gasteiger partial charge in [0.1, 0.15) is 6.29 Å². The first-order chi connectivity index (χ1) is 14.1. The van der Waals surface area contributed by atoms with Gasteiger partial charge in [0, 0.05) is 30.1 Å². The molecule has 3 aromatic rings. The summed E-state index contributed by atoms with van der Waals surface area (Å²) in [4.78, 5) is 15.5. The third kappa shape index (κ3) is 3.88. The van der Waals surface area contributed by atoms with Crippen molar-refractivity contribution < 1.29 is 9.32 Å². The quantitative estimate of drug-likeness (QED) is 0.550. The van der Waals surface area contributed by atoms with Crippen LogP contribution < -0.4 is 0 Å². The normalized spacial score (nSPS) is 15.0. The lowest BCUT2D eigenvalue weighted by Crippen LogP contribution is -2.11. The highest BCUT2D eigenvalue weighted by molar-refractivity contribution is 5.64. The smallest absolute Gasteiger partial charge is 0.278 e. The van der Waals surface area contributed by atoms with E-state index in [1.165, 1.54) is 37.8 Å². The predicted molar refractivity (Wildman–Crippen MR) is 112 cm³/mol. The minimum atomic E-state index is 0.424. The van der Waals surface area contributed by atoms with Crippen LogP contribution in [0.15, 0.2) is 22.7 Å². The summed E-state index contributed by atoms with van der Waals surface area (Å²) >= 11 is 0. The highest BCUT2D eigenvalue weighted by atomic mass is 16.5. The molecule has 0 aliphatic heterocycles. The summed E-state index contributed by atoms with van der Waals surface area (Å²) in [5, 5.41) is 8.93. The zero-order valence-electron chi connectivity index (χ0n) is 17.4. The fourth-order valence-electron chi connectivity index (χ4n) is 4.49. The van der Waals surface area contributed by atoms with Crippen molar-refractivity contribution in [1.29, 1.82) is 0 Å². The lowest BCUT2D eigenvalue weighted by molar-refractivity contribution is -0.107. The molecule has 1 aromatic carbocycles. The summed E-state index contributed by atoms with van der Waals surface area (Å²) in [6.07, 6.45) is 7.74. The molecule has 4 rings (SSSR count). The Hall–Kier alpha value is -2.76. The van der Waals surface area contributed by atoms with E-state index in [0.717, 1.165) is 40.8 Å². The highest BCUT2D eigenvalue weighted by Gasteiger charge is 2.23. The number of aromatic nitrogens is 4. The molecule has 2 heterocycles. The van der Waals surface area contributed by atoms with Crippen LogP contribution >= 0.6 is 0 Å². The molecule has 0 atom stereocenters. The molecule has 0 radical (unpaired) electrons. The van der Waals surface area contributed by atoms with Gasteiger partial charge in [-0.25, -0.2) is 0 Å². The second-order valence-electron chi connectivity index (χ2n) is 7.99. The molecule has 152 valence electrons. The molecule has 0 unspecified atom stereocenters. The first-order valence-electron chi connectivity index (χ1n) is 10.6. The molecule has 1 aliphatic carbocycles. The van der Waals surface area contributed by atoms with Crippen LogP contribution in [0.5, 0.6) is 0 Å². The van der Waals surface area contributed by atoms with Gasteiger partial charge in [-0.3, -0.25) is 4.68 Å². The third-order valence-corrected chi connectivity index (χ3v) is 6.02. The molecule has 1 aliphatic rings. The molecule has 1 saturated carbocycles. The van der Waals surface area contributed by atoms with Crippen molar-refractivity contribution in [3.63, 3.8) is 0 Å². The number of hydrogen-bond acceptors (Lipinski definition) is 5. The highest BCUT2D eigenvalue weighted by Crippen LogP contribution is 2.34. The van der Waals surface area contributed by atoms with Crippen LogP contribution in [0.2, 0.25) is 0 Å². The van der Waals surface area contributed by atoms with Crippen molar-refractivity contribution in [2.75, 3.05) is 0 Å². The summed E-state index contributed by atoms with van der Waals surface area (Å²) in [7, 11) is 0. The topological polar surface area (TPSA) is 73.8 Å². The van der Waals surface area contributed by atoms with Gasteiger partial charge in [-0.1, -0.05) is 24.4 Å². The monoisotopic (exact) mass is 392 g/mol. The molecule has 0 saturated heterocycles. The predicted octanol–water partition coefficient (Wildman–Crippen LogP) is 5.03. The van der Waals surface area contributed by atoms with E-state index in [2.05, 4.69) is 27.8 Å². The van der Waals surface area contributed by atoms with E-state index >= 15 is 0 Å². The third-order valence-electron chi connectivity index (χ3n) is 6.02. The maximum Gasteiger partial charge on any atom is 0.278 e. The molecule has 2 aromatic heterocycles. The molecule has 29 heavy (non-hydrogen) atoms. The van der Waals surface area contributed by atoms with Crippen LogP contribution in [0, 0.1) is 13.8 Å². The molecular formula is C23H28N4O2. The van der Waals surface area contributed by atoms with Crippen LogP contribution in [0.1, 0.15) is 67.3 Å². The molecular weight excluding hydrogens is 364 g/mol. The van der Waals surface area contributed by atoms with Gasteiger partial charge in [0.2, 0.25) is 5.82 Å². The van der Waals surface area contributed by atoms with Crippen LogP contribution in [-0.2, 0) is 17.8 Å². The number of carbonyl (C=O) groups excluding carboxylic acids is 1. The van der Waals surface area contributed by atoms with Crippen molar-refractivity contribution >= 4 is 6.29 Å². The Balaban J connectivity index is 1.64. The molecule has 6 heteroatoms. The van der Waals surface area contributed by atoms with E-state index in [9.17, 15) is 4.79 Å². The van der Waals surface area contributed by atoms with Crippen LogP contribution in [0.25, 0.3) is 23.0 Å². The number of nitrogens with zero attached hydrogens (tertiary/aromatic N) is 4. The largest absolute Gasteiger partial charge is 0.332 e. The number of carbonyl (C=O) groups is 1. The number of benzene rings is 1. The fraction of sp³-hybridized carbons (Fsp3) is 0.478. The van der Waals surface area contributed by atoms with Crippen molar-refractivity contribution in [3.05, 3.63) is 40.6 Å². The molecule has 0 spiro atoms. The Morgan fingerprint density at radius 2 is 1.86 bits per heavy atom. The zero-order chi connectivity index (χ0) is 20.4. The van der Waals surface area contributed by atoms with Crippen molar-refractivity contribution in [3.8, 4) is 23.0 Å². The van der Waals surface area contributed by atoms with Crippen LogP contribution in [0.3, 0.4) is 0 Å². The summed E-state index contributed by atoms with van der Waals surface area (Å²) in [5.41, 5.74) is 6.11. The van der Waals surface area contributed by atoms with E-state index in [1.807, 2.05) is 26.0 Å². The Bertz CT molecular complexity index is 989. The second kappa shape index (κ2) is 8.31. The molecule has 0 bridgehead atoms. The van der Waals surface area contributed by atoms with Crippen molar-refractivity contribution in [2.24, 2.45) is 0 Å². The average Bonchev–Trinajstić information content (AvgIpc) is 3.38. The minimum Gasteiger partial charge on any atom is -0.332 e. The van der Waals surface area contributed by atoms with Crippen LogP contribution in [0.4, 0.5) is 0 Å². The molecule has 6 nitrogen and oxygen atoms in total. The summed E-state index contributed by atoms with van der Waals surface area (Å²) in [6, 6.07) is 6.15. The standard InChI is InChI=1S/C23H28N4O2/c1-4-27-21(17-8-6-5-7-9-17)14-20(25-27)23-24-22(26-29-23)18-12-15(2)19(10-11-28)16(3)13-18/h11-14,17H,4-10H2,1-3H3. The number of hydrogen-bond donors (Lipinski definition) is 0. The summed E-state index contributed by atoms with van der Waals surface area (Å²) in [6.45, 7) is 6.98. The first-order valence-corrected chi connectivity index (χ1v) is 10.6. The van der Waals surface area contributed by atoms with Gasteiger partial charge in [-0.15, -0.1) is 0 Å². The fourth-order valence-corrected chi connectivity index (χ4v) is 4.49. The van der Waals surface area contributed by atoms with E-state index in [-0.39, 0.29) is 0 Å². The van der Waals surface area contributed by atoms with E-state index in [1.54, 1.807) is 0 Å². The maximum absolute atomic E-state index is 10.9. The van der Waals surface area contributed by atoms with E-state index < -0.39 is 0 Å². The zero-order valence-corrected chi connectivity index (χ0v) is 17.4. The van der Waals surface area contributed by atoms with Crippen molar-refractivity contribution in [1.82, 2.24) is 19.9 Å². The average molecular weight is 393 g/mol. The van der Waals surface area contributed by atoms with Gasteiger partial charge in [0.15, 0.2) is 5.69 Å². The summed E-state index contributed by atoms with van der Waals surface area (Å²) < 4.78 is 7.65. The Morgan fingerprint density at radius 3 is 2.52 bits per heavy atom. The van der Waals surface area contributed by atoms with Crippen molar-refractivity contribution in [2.45, 2.75) is 71.8 Å². The van der Waals surface area contributed by atoms with E-state index in [0.29, 0.717) is 24.1 Å². The SMILES string of the molecule is CCn1nc(-c2nc(-c3cc(C)c(CC=O)c(C)c3)no2)cc1C1CCCCC1. The first kappa shape index (κ1) is 19.6. The van der Waals surface area contributed by atoms with Gasteiger partial charge in [0.05, 0.1) is 0 Å². The summed E-state index contributed by atoms with van der Waals surface area (Å²) in [5.74, 6) is 1.58. The lowest BCUT2D eigenvalue weighted by Gasteiger charge is -2.22. The molecule has 0 amide bonds. The molecule has 0 N–H and O–H groups in total. The van der Waals surface area contributed by atoms with E-state index in [4.69, 9.17) is 9.62 Å². The van der Waals surface area contributed by atoms with Gasteiger partial charge in [0.25, 0.3) is 5.89 Å². The lowest BCUT2D eigenvalue weighted by atomic mass is 9.87. The van der Waals surface area contributed by atoms with Gasteiger partial charge >= 0.3 is 0 Å². The van der Waals surface area contributed by atoms with Gasteiger partial charge < -0.3 is 9.32 Å². The maximum atomic E-state index is 10.9. The minimum absolute atomic E-state index is 0.424. The number of aldehydes is 1.